The molecule has 20 heavy (non-hydrogen) atoms. The molecular formula is C14H19N5O. The summed E-state index contributed by atoms with van der Waals surface area (Å²) < 4.78 is 4.68. The average Bonchev–Trinajstić information content (AvgIpc) is 3.18. The second-order valence-electron chi connectivity index (χ2n) is 5.78. The van der Waals surface area contributed by atoms with Crippen molar-refractivity contribution in [2.45, 2.75) is 51.1 Å². The fourth-order valence-electron chi connectivity index (χ4n) is 3.42. The first-order valence-electron chi connectivity index (χ1n) is 7.48. The highest BCUT2D eigenvalue weighted by Gasteiger charge is 2.30. The minimum Gasteiger partial charge on any atom is -0.344 e. The monoisotopic (exact) mass is 273 g/mol. The van der Waals surface area contributed by atoms with Crippen LogP contribution >= 0.6 is 0 Å². The van der Waals surface area contributed by atoms with Crippen molar-refractivity contribution >= 4 is 0 Å². The number of likely N-dealkylation sites (tertiary alicyclic amines) is 1. The van der Waals surface area contributed by atoms with Crippen molar-refractivity contribution in [1.82, 2.24) is 25.2 Å². The zero-order chi connectivity index (χ0) is 13.4. The normalized spacial score (nSPS) is 23.1. The van der Waals surface area contributed by atoms with E-state index < -0.39 is 0 Å². The molecule has 1 aliphatic heterocycles. The van der Waals surface area contributed by atoms with Crippen LogP contribution < -0.4 is 0 Å². The first kappa shape index (κ1) is 12.1. The lowest BCUT2D eigenvalue weighted by atomic mass is 10.0. The molecule has 1 N–H and O–H groups in total. The van der Waals surface area contributed by atoms with Crippen LogP contribution in [-0.4, -0.2) is 31.7 Å². The number of aromatic nitrogens is 4. The molecule has 0 spiro atoms. The minimum absolute atomic E-state index is 0.386. The highest BCUT2D eigenvalue weighted by molar-refractivity contribution is 5.19. The third-order valence-corrected chi connectivity index (χ3v) is 4.42. The summed E-state index contributed by atoms with van der Waals surface area (Å²) in [6.45, 7) is 1.88. The summed E-state index contributed by atoms with van der Waals surface area (Å²) in [5.74, 6) is 1.14. The van der Waals surface area contributed by atoms with Crippen LogP contribution in [-0.2, 0) is 19.4 Å². The number of hydrogen-bond donors (Lipinski definition) is 1. The van der Waals surface area contributed by atoms with Crippen molar-refractivity contribution < 1.29 is 4.63 Å². The quantitative estimate of drug-likeness (QED) is 0.926. The van der Waals surface area contributed by atoms with Gasteiger partial charge >= 0.3 is 0 Å². The Morgan fingerprint density at radius 1 is 1.30 bits per heavy atom. The van der Waals surface area contributed by atoms with Gasteiger partial charge in [0.15, 0.2) is 0 Å². The Labute approximate surface area is 117 Å². The highest BCUT2D eigenvalue weighted by Crippen LogP contribution is 2.33. The van der Waals surface area contributed by atoms with Crippen molar-refractivity contribution in [3.63, 3.8) is 0 Å². The zero-order valence-corrected chi connectivity index (χ0v) is 11.5. The van der Waals surface area contributed by atoms with Gasteiger partial charge in [-0.15, -0.1) is 0 Å². The van der Waals surface area contributed by atoms with Crippen molar-refractivity contribution in [3.8, 4) is 0 Å². The molecule has 4 rings (SSSR count). The van der Waals surface area contributed by atoms with Crippen LogP contribution in [0.25, 0.3) is 0 Å². The number of rotatable bonds is 3. The molecule has 2 aliphatic rings. The summed E-state index contributed by atoms with van der Waals surface area (Å²) in [5, 5.41) is 7.59. The number of imidazole rings is 1. The van der Waals surface area contributed by atoms with Crippen molar-refractivity contribution in [1.29, 1.82) is 0 Å². The molecule has 106 valence electrons. The number of fused-ring (bicyclic) bond motifs is 1. The van der Waals surface area contributed by atoms with E-state index in [2.05, 4.69) is 24.8 Å². The summed E-state index contributed by atoms with van der Waals surface area (Å²) >= 11 is 0. The second-order valence-corrected chi connectivity index (χ2v) is 5.78. The Balaban J connectivity index is 1.55. The first-order valence-corrected chi connectivity index (χ1v) is 7.48. The van der Waals surface area contributed by atoms with E-state index in [1.807, 2.05) is 0 Å². The number of aryl methyl sites for hydroxylation is 2. The molecule has 2 aromatic heterocycles. The van der Waals surface area contributed by atoms with Gasteiger partial charge in [-0.2, -0.15) is 0 Å². The van der Waals surface area contributed by atoms with E-state index in [0.29, 0.717) is 6.04 Å². The van der Waals surface area contributed by atoms with E-state index in [1.54, 1.807) is 6.20 Å². The summed E-state index contributed by atoms with van der Waals surface area (Å²) in [5.41, 5.74) is 3.55. The Bertz CT molecular complexity index is 553. The highest BCUT2D eigenvalue weighted by atomic mass is 16.6. The largest absolute Gasteiger partial charge is 0.344 e. The molecule has 6 nitrogen and oxygen atoms in total. The number of nitrogens with one attached hydrogen (secondary N) is 1. The molecule has 0 aromatic carbocycles. The SMILES string of the molecule is c1nonc1CN1CCCC1c1nc2c([nH]1)CCCC2. The Morgan fingerprint density at radius 2 is 2.25 bits per heavy atom. The predicted octanol–water partition coefficient (Wildman–Crippen LogP) is 2.01. The van der Waals surface area contributed by atoms with Gasteiger partial charge in [0, 0.05) is 12.2 Å². The number of aromatic amines is 1. The lowest BCUT2D eigenvalue weighted by Crippen LogP contribution is -2.23. The molecule has 1 atom stereocenters. The van der Waals surface area contributed by atoms with Gasteiger partial charge in [-0.25, -0.2) is 9.61 Å². The van der Waals surface area contributed by atoms with Crippen LogP contribution in [0.15, 0.2) is 10.8 Å². The summed E-state index contributed by atoms with van der Waals surface area (Å²) in [7, 11) is 0. The van der Waals surface area contributed by atoms with Crippen LogP contribution in [0, 0.1) is 0 Å². The number of H-pyrrole nitrogens is 1. The second kappa shape index (κ2) is 5.01. The summed E-state index contributed by atoms with van der Waals surface area (Å²) in [6.07, 6.45) is 8.92. The Kier molecular flexibility index (Phi) is 3.03. The van der Waals surface area contributed by atoms with E-state index in [-0.39, 0.29) is 0 Å². The summed E-state index contributed by atoms with van der Waals surface area (Å²) in [4.78, 5) is 10.8. The molecule has 6 heteroatoms. The third kappa shape index (κ3) is 2.14. The fourth-order valence-corrected chi connectivity index (χ4v) is 3.42. The van der Waals surface area contributed by atoms with Gasteiger partial charge in [0.1, 0.15) is 11.5 Å². The molecule has 0 bridgehead atoms. The maximum Gasteiger partial charge on any atom is 0.124 e. The van der Waals surface area contributed by atoms with Crippen molar-refractivity contribution in [2.75, 3.05) is 6.54 Å². The van der Waals surface area contributed by atoms with Crippen LogP contribution in [0.2, 0.25) is 0 Å². The van der Waals surface area contributed by atoms with E-state index in [1.165, 1.54) is 30.7 Å². The lowest BCUT2D eigenvalue weighted by molar-refractivity contribution is 0.229. The zero-order valence-electron chi connectivity index (χ0n) is 11.5. The molecule has 0 radical (unpaired) electrons. The predicted molar refractivity (Wildman–Crippen MR) is 71.9 cm³/mol. The molecule has 0 saturated carbocycles. The fraction of sp³-hybridized carbons (Fsp3) is 0.643. The Hall–Kier alpha value is -1.69. The topological polar surface area (TPSA) is 70.8 Å². The Morgan fingerprint density at radius 3 is 3.10 bits per heavy atom. The molecule has 2 aromatic rings. The lowest BCUT2D eigenvalue weighted by Gasteiger charge is -2.21. The minimum atomic E-state index is 0.386. The van der Waals surface area contributed by atoms with Crippen molar-refractivity contribution in [2.24, 2.45) is 0 Å². The molecule has 1 fully saturated rings. The molecule has 1 unspecified atom stereocenters. The van der Waals surface area contributed by atoms with Gasteiger partial charge in [0.05, 0.1) is 17.9 Å². The first-order chi connectivity index (χ1) is 9.90. The van der Waals surface area contributed by atoms with Gasteiger partial charge in [-0.1, -0.05) is 10.3 Å². The van der Waals surface area contributed by atoms with Crippen LogP contribution in [0.5, 0.6) is 0 Å². The van der Waals surface area contributed by atoms with Gasteiger partial charge in [-0.05, 0) is 45.1 Å². The van der Waals surface area contributed by atoms with Gasteiger partial charge in [-0.3, -0.25) is 4.90 Å². The molecular weight excluding hydrogens is 254 g/mol. The van der Waals surface area contributed by atoms with E-state index in [0.717, 1.165) is 43.9 Å². The number of nitrogens with zero attached hydrogens (tertiary/aromatic N) is 4. The standard InChI is InChI=1S/C14H19N5O/c1-2-5-12-11(4-1)16-14(17-12)13-6-3-7-19(13)9-10-8-15-20-18-10/h8,13H,1-7,9H2,(H,16,17). The molecule has 1 saturated heterocycles. The summed E-state index contributed by atoms with van der Waals surface area (Å²) in [6, 6.07) is 0.386. The van der Waals surface area contributed by atoms with Crippen molar-refractivity contribution in [3.05, 3.63) is 29.1 Å². The molecule has 0 amide bonds. The molecule has 1 aliphatic carbocycles. The van der Waals surface area contributed by atoms with Gasteiger partial charge in [0.2, 0.25) is 0 Å². The van der Waals surface area contributed by atoms with E-state index >= 15 is 0 Å². The maximum atomic E-state index is 4.86. The van der Waals surface area contributed by atoms with Gasteiger partial charge in [0.25, 0.3) is 0 Å². The third-order valence-electron chi connectivity index (χ3n) is 4.42. The van der Waals surface area contributed by atoms with Crippen LogP contribution in [0.3, 0.4) is 0 Å². The maximum absolute atomic E-state index is 4.86. The van der Waals surface area contributed by atoms with Gasteiger partial charge < -0.3 is 4.98 Å². The van der Waals surface area contributed by atoms with Crippen LogP contribution in [0.4, 0.5) is 0 Å². The smallest absolute Gasteiger partial charge is 0.124 e. The molecule has 3 heterocycles. The van der Waals surface area contributed by atoms with Crippen LogP contribution in [0.1, 0.15) is 54.6 Å². The average molecular weight is 273 g/mol. The number of hydrogen-bond acceptors (Lipinski definition) is 5. The van der Waals surface area contributed by atoms with E-state index in [4.69, 9.17) is 4.98 Å². The van der Waals surface area contributed by atoms with E-state index in [9.17, 15) is 0 Å².